The Balaban J connectivity index is 1.52. The third-order valence-electron chi connectivity index (χ3n) is 4.09. The second-order valence-electron chi connectivity index (χ2n) is 6.45. The molecule has 1 aliphatic rings. The van der Waals surface area contributed by atoms with Crippen LogP contribution in [0, 0.1) is 0 Å². The van der Waals surface area contributed by atoms with Crippen molar-refractivity contribution >= 4 is 43.5 Å². The molecule has 148 valence electrons. The first-order valence-electron chi connectivity index (χ1n) is 8.80. The molecule has 1 saturated carbocycles. The van der Waals surface area contributed by atoms with Crippen LogP contribution >= 0.6 is 15.9 Å². The van der Waals surface area contributed by atoms with Crippen LogP contribution in [0.25, 0.3) is 0 Å². The van der Waals surface area contributed by atoms with Crippen LogP contribution in [0.15, 0.2) is 57.9 Å². The minimum atomic E-state index is -3.71. The van der Waals surface area contributed by atoms with Gasteiger partial charge in [0.15, 0.2) is 0 Å². The molecule has 1 aliphatic carbocycles. The lowest BCUT2D eigenvalue weighted by Crippen LogP contribution is -2.28. The lowest BCUT2D eigenvalue weighted by atomic mass is 10.2. The van der Waals surface area contributed by atoms with Crippen LogP contribution in [0.2, 0.25) is 0 Å². The Morgan fingerprint density at radius 1 is 1.07 bits per heavy atom. The summed E-state index contributed by atoms with van der Waals surface area (Å²) in [6, 6.07) is 13.3. The third-order valence-corrected chi connectivity index (χ3v) is 6.56. The normalized spacial score (nSPS) is 13.8. The van der Waals surface area contributed by atoms with Gasteiger partial charge < -0.3 is 10.6 Å². The van der Waals surface area contributed by atoms with Gasteiger partial charge in [0.1, 0.15) is 0 Å². The van der Waals surface area contributed by atoms with E-state index in [9.17, 15) is 18.0 Å². The topological polar surface area (TPSA) is 104 Å². The van der Waals surface area contributed by atoms with Gasteiger partial charge in [0.05, 0.1) is 4.90 Å². The van der Waals surface area contributed by atoms with E-state index < -0.39 is 10.0 Å². The fourth-order valence-corrected chi connectivity index (χ4v) is 4.53. The van der Waals surface area contributed by atoms with E-state index in [1.165, 1.54) is 6.07 Å². The predicted molar refractivity (Wildman–Crippen MR) is 110 cm³/mol. The first kappa shape index (κ1) is 20.5. The van der Waals surface area contributed by atoms with E-state index in [4.69, 9.17) is 0 Å². The monoisotopic (exact) mass is 465 g/mol. The summed E-state index contributed by atoms with van der Waals surface area (Å²) in [5.74, 6) is -0.519. The number of hydrogen-bond acceptors (Lipinski definition) is 4. The first-order chi connectivity index (χ1) is 13.3. The molecule has 0 saturated heterocycles. The van der Waals surface area contributed by atoms with Crippen molar-refractivity contribution in [3.63, 3.8) is 0 Å². The summed E-state index contributed by atoms with van der Waals surface area (Å²) in [6.45, 7) is -0.0443. The van der Waals surface area contributed by atoms with Crippen molar-refractivity contribution in [2.24, 2.45) is 0 Å². The predicted octanol–water partition coefficient (Wildman–Crippen LogP) is 2.65. The van der Waals surface area contributed by atoms with Crippen LogP contribution in [0.5, 0.6) is 0 Å². The van der Waals surface area contributed by atoms with Gasteiger partial charge in [0, 0.05) is 34.7 Å². The smallest absolute Gasteiger partial charge is 0.251 e. The van der Waals surface area contributed by atoms with Crippen LogP contribution in [-0.4, -0.2) is 32.8 Å². The molecule has 1 fully saturated rings. The summed E-state index contributed by atoms with van der Waals surface area (Å²) in [7, 11) is -3.71. The zero-order valence-corrected chi connectivity index (χ0v) is 17.3. The van der Waals surface area contributed by atoms with Crippen LogP contribution < -0.4 is 15.4 Å². The Hall–Kier alpha value is -2.23. The second kappa shape index (κ2) is 8.85. The molecule has 2 aromatic rings. The van der Waals surface area contributed by atoms with Gasteiger partial charge in [0.25, 0.3) is 5.91 Å². The maximum atomic E-state index is 12.3. The Labute approximate surface area is 172 Å². The number of amides is 2. The van der Waals surface area contributed by atoms with Crippen molar-refractivity contribution in [1.29, 1.82) is 0 Å². The number of hydrogen-bond donors (Lipinski definition) is 3. The Morgan fingerprint density at radius 3 is 2.54 bits per heavy atom. The van der Waals surface area contributed by atoms with Gasteiger partial charge in [-0.15, -0.1) is 0 Å². The highest BCUT2D eigenvalue weighted by Gasteiger charge is 2.24. The molecule has 2 amide bonds. The van der Waals surface area contributed by atoms with Crippen molar-refractivity contribution in [2.75, 3.05) is 11.9 Å². The van der Waals surface area contributed by atoms with Crippen molar-refractivity contribution in [3.8, 4) is 0 Å². The van der Waals surface area contributed by atoms with Gasteiger partial charge in [-0.05, 0) is 59.1 Å². The molecule has 0 spiro atoms. The molecule has 0 unspecified atom stereocenters. The van der Waals surface area contributed by atoms with Crippen LogP contribution in [0.3, 0.4) is 0 Å². The minimum Gasteiger partial charge on any atom is -0.349 e. The average Bonchev–Trinajstić information content (AvgIpc) is 3.46. The van der Waals surface area contributed by atoms with Crippen molar-refractivity contribution < 1.29 is 18.0 Å². The second-order valence-corrected chi connectivity index (χ2v) is 9.04. The van der Waals surface area contributed by atoms with Gasteiger partial charge >= 0.3 is 0 Å². The first-order valence-corrected chi connectivity index (χ1v) is 11.1. The summed E-state index contributed by atoms with van der Waals surface area (Å²) < 4.78 is 27.4. The van der Waals surface area contributed by atoms with Crippen molar-refractivity contribution in [3.05, 3.63) is 58.6 Å². The summed E-state index contributed by atoms with van der Waals surface area (Å²) >= 11 is 3.20. The van der Waals surface area contributed by atoms with E-state index in [0.717, 1.165) is 12.8 Å². The summed E-state index contributed by atoms with van der Waals surface area (Å²) in [6.07, 6.45) is 1.96. The molecule has 0 aromatic heterocycles. The fraction of sp³-hybridized carbons (Fsp3) is 0.263. The summed E-state index contributed by atoms with van der Waals surface area (Å²) in [5.41, 5.74) is 0.960. The number of carbonyl (C=O) groups excluding carboxylic acids is 2. The van der Waals surface area contributed by atoms with Gasteiger partial charge in [-0.1, -0.05) is 18.2 Å². The van der Waals surface area contributed by atoms with Crippen LogP contribution in [-0.2, 0) is 14.8 Å². The number of anilines is 1. The molecule has 0 aliphatic heterocycles. The number of nitrogens with one attached hydrogen (secondary N) is 3. The third kappa shape index (κ3) is 5.63. The lowest BCUT2D eigenvalue weighted by molar-refractivity contribution is -0.116. The molecular formula is C19H20BrN3O4S. The highest BCUT2D eigenvalue weighted by atomic mass is 79.9. The van der Waals surface area contributed by atoms with Crippen LogP contribution in [0.4, 0.5) is 5.69 Å². The number of carbonyl (C=O) groups is 2. The number of halogens is 1. The maximum absolute atomic E-state index is 12.3. The molecular weight excluding hydrogens is 446 g/mol. The number of rotatable bonds is 8. The van der Waals surface area contributed by atoms with E-state index in [1.807, 2.05) is 0 Å². The zero-order chi connectivity index (χ0) is 20.1. The van der Waals surface area contributed by atoms with E-state index in [-0.39, 0.29) is 35.7 Å². The highest BCUT2D eigenvalue weighted by Crippen LogP contribution is 2.21. The van der Waals surface area contributed by atoms with Crippen molar-refractivity contribution in [2.45, 2.75) is 30.2 Å². The summed E-state index contributed by atoms with van der Waals surface area (Å²) in [4.78, 5) is 24.3. The minimum absolute atomic E-state index is 0.0395. The Morgan fingerprint density at radius 2 is 1.82 bits per heavy atom. The highest BCUT2D eigenvalue weighted by molar-refractivity contribution is 9.10. The maximum Gasteiger partial charge on any atom is 0.251 e. The molecule has 28 heavy (non-hydrogen) atoms. The van der Waals surface area contributed by atoms with Crippen molar-refractivity contribution in [1.82, 2.24) is 10.0 Å². The molecule has 3 N–H and O–H groups in total. The standard InChI is InChI=1S/C19H20BrN3O4S/c20-16-6-1-2-7-17(16)28(26,27)21-11-10-18(24)22-15-5-3-4-13(12-15)19(25)23-14-8-9-14/h1-7,12,14,21H,8-11H2,(H,22,24)(H,23,25). The molecule has 9 heteroatoms. The van der Waals surface area contributed by atoms with Crippen LogP contribution in [0.1, 0.15) is 29.6 Å². The fourth-order valence-electron chi connectivity index (χ4n) is 2.50. The van der Waals surface area contributed by atoms with E-state index in [0.29, 0.717) is 15.7 Å². The molecule has 7 nitrogen and oxygen atoms in total. The van der Waals surface area contributed by atoms with Gasteiger partial charge in [-0.2, -0.15) is 0 Å². The Kier molecular flexibility index (Phi) is 6.48. The number of benzene rings is 2. The molecule has 2 aromatic carbocycles. The summed E-state index contributed by atoms with van der Waals surface area (Å²) in [5, 5.41) is 5.57. The molecule has 0 heterocycles. The SMILES string of the molecule is O=C(CCNS(=O)(=O)c1ccccc1Br)Nc1cccc(C(=O)NC2CC2)c1. The number of sulfonamides is 1. The Bertz CT molecular complexity index is 990. The van der Waals surface area contributed by atoms with E-state index in [1.54, 1.807) is 42.5 Å². The largest absolute Gasteiger partial charge is 0.349 e. The van der Waals surface area contributed by atoms with E-state index >= 15 is 0 Å². The molecule has 0 radical (unpaired) electrons. The van der Waals surface area contributed by atoms with E-state index in [2.05, 4.69) is 31.3 Å². The molecule has 0 atom stereocenters. The average molecular weight is 466 g/mol. The van der Waals surface area contributed by atoms with Gasteiger partial charge in [-0.3, -0.25) is 9.59 Å². The lowest BCUT2D eigenvalue weighted by Gasteiger charge is -2.10. The molecule has 3 rings (SSSR count). The zero-order valence-electron chi connectivity index (χ0n) is 14.9. The quantitative estimate of drug-likeness (QED) is 0.557. The molecule has 0 bridgehead atoms. The van der Waals surface area contributed by atoms with Gasteiger partial charge in [-0.25, -0.2) is 13.1 Å². The van der Waals surface area contributed by atoms with Gasteiger partial charge in [0.2, 0.25) is 15.9 Å².